The lowest BCUT2D eigenvalue weighted by Crippen LogP contribution is -2.43. The fourth-order valence-electron chi connectivity index (χ4n) is 3.99. The summed E-state index contributed by atoms with van der Waals surface area (Å²) in [7, 11) is -4.01. The Bertz CT molecular complexity index is 1230. The maximum absolute atomic E-state index is 14.2. The summed E-state index contributed by atoms with van der Waals surface area (Å²) in [4.78, 5) is 14.4. The Morgan fingerprint density at radius 1 is 1.29 bits per heavy atom. The molecule has 1 N–H and O–H groups in total. The van der Waals surface area contributed by atoms with E-state index in [1.807, 2.05) is 4.90 Å². The van der Waals surface area contributed by atoms with Crippen molar-refractivity contribution >= 4 is 21.4 Å². The van der Waals surface area contributed by atoms with Gasteiger partial charge in [-0.25, -0.2) is 26.4 Å². The second kappa shape index (κ2) is 8.35. The highest BCUT2D eigenvalue weighted by atomic mass is 32.2. The van der Waals surface area contributed by atoms with E-state index in [1.54, 1.807) is 24.4 Å². The topological polar surface area (TPSA) is 83.8 Å². The Hall–Kier alpha value is -2.85. The van der Waals surface area contributed by atoms with Crippen molar-refractivity contribution in [2.45, 2.75) is 31.1 Å². The Balaban J connectivity index is 1.48. The number of aromatic nitrogens is 2. The number of likely N-dealkylation sites (tertiary alicyclic amines) is 1. The zero-order valence-electron chi connectivity index (χ0n) is 16.8. The standard InChI is InChI=1S/C21H22F2N4O3S/c1-14(13-26-9-4-6-19(26)16-11-15(22)7-8-18(16)23)31(29,30)25-21(28)17-12-24-27-10-3-2-5-20(17)27/h2-3,5,7-8,10-12,14,19H,4,6,9,13H2,1H3,(H,25,28)/t14-,19-/m1/s1. The summed E-state index contributed by atoms with van der Waals surface area (Å²) in [6.07, 6.45) is 4.31. The van der Waals surface area contributed by atoms with Crippen LogP contribution in [0.3, 0.4) is 0 Å². The van der Waals surface area contributed by atoms with Gasteiger partial charge in [0.05, 0.1) is 22.5 Å². The van der Waals surface area contributed by atoms with E-state index in [0.717, 1.165) is 24.6 Å². The Labute approximate surface area is 178 Å². The summed E-state index contributed by atoms with van der Waals surface area (Å²) >= 11 is 0. The normalized spacial score (nSPS) is 18.4. The highest BCUT2D eigenvalue weighted by Crippen LogP contribution is 2.34. The molecule has 1 aromatic carbocycles. The molecule has 31 heavy (non-hydrogen) atoms. The molecule has 0 radical (unpaired) electrons. The molecule has 164 valence electrons. The van der Waals surface area contributed by atoms with Gasteiger partial charge in [0.25, 0.3) is 5.91 Å². The molecule has 1 aliphatic rings. The van der Waals surface area contributed by atoms with Crippen molar-refractivity contribution in [3.05, 3.63) is 71.6 Å². The number of hydrogen-bond acceptors (Lipinski definition) is 5. The van der Waals surface area contributed by atoms with Crippen LogP contribution in [0.1, 0.15) is 41.7 Å². The molecule has 0 spiro atoms. The van der Waals surface area contributed by atoms with Gasteiger partial charge < -0.3 is 0 Å². The number of rotatable bonds is 6. The zero-order chi connectivity index (χ0) is 22.2. The molecule has 4 rings (SSSR count). The average molecular weight is 448 g/mol. The number of carbonyl (C=O) groups excluding carboxylic acids is 1. The molecule has 10 heteroatoms. The lowest BCUT2D eigenvalue weighted by Gasteiger charge is -2.27. The number of carbonyl (C=O) groups is 1. The molecular weight excluding hydrogens is 426 g/mol. The van der Waals surface area contributed by atoms with Crippen LogP contribution in [0, 0.1) is 11.6 Å². The first-order valence-corrected chi connectivity index (χ1v) is 11.5. The molecular formula is C21H22F2N4O3S. The van der Waals surface area contributed by atoms with E-state index < -0.39 is 38.9 Å². The summed E-state index contributed by atoms with van der Waals surface area (Å²) < 4.78 is 57.1. The molecule has 2 aromatic heterocycles. The largest absolute Gasteiger partial charge is 0.295 e. The van der Waals surface area contributed by atoms with Gasteiger partial charge in [-0.05, 0) is 56.6 Å². The molecule has 0 bridgehead atoms. The molecule has 2 atom stereocenters. The van der Waals surface area contributed by atoms with Gasteiger partial charge in [-0.2, -0.15) is 5.10 Å². The van der Waals surface area contributed by atoms with Crippen LogP contribution in [0.5, 0.6) is 0 Å². The van der Waals surface area contributed by atoms with Crippen molar-refractivity contribution in [1.82, 2.24) is 19.2 Å². The van der Waals surface area contributed by atoms with Crippen LogP contribution in [0.2, 0.25) is 0 Å². The Morgan fingerprint density at radius 3 is 2.90 bits per heavy atom. The van der Waals surface area contributed by atoms with Crippen LogP contribution >= 0.6 is 0 Å². The van der Waals surface area contributed by atoms with E-state index in [4.69, 9.17) is 0 Å². The smallest absolute Gasteiger partial charge is 0.268 e. The van der Waals surface area contributed by atoms with Gasteiger partial charge in [0, 0.05) is 24.3 Å². The molecule has 7 nitrogen and oxygen atoms in total. The van der Waals surface area contributed by atoms with E-state index in [9.17, 15) is 22.0 Å². The van der Waals surface area contributed by atoms with Crippen LogP contribution < -0.4 is 4.72 Å². The van der Waals surface area contributed by atoms with Crippen molar-refractivity contribution in [1.29, 1.82) is 0 Å². The highest BCUT2D eigenvalue weighted by Gasteiger charge is 2.33. The molecule has 1 fully saturated rings. The third-order valence-corrected chi connectivity index (χ3v) is 7.29. The van der Waals surface area contributed by atoms with E-state index in [0.29, 0.717) is 18.5 Å². The molecule has 1 amide bonds. The highest BCUT2D eigenvalue weighted by molar-refractivity contribution is 7.90. The third kappa shape index (κ3) is 4.31. The number of hydrogen-bond donors (Lipinski definition) is 1. The summed E-state index contributed by atoms with van der Waals surface area (Å²) in [5, 5.41) is 3.09. The van der Waals surface area contributed by atoms with Crippen LogP contribution in [-0.4, -0.2) is 47.2 Å². The Morgan fingerprint density at radius 2 is 2.10 bits per heavy atom. The summed E-state index contributed by atoms with van der Waals surface area (Å²) in [5.41, 5.74) is 0.860. The minimum absolute atomic E-state index is 0.0813. The molecule has 0 unspecified atom stereocenters. The molecule has 0 aliphatic carbocycles. The summed E-state index contributed by atoms with van der Waals surface area (Å²) in [5.74, 6) is -1.82. The lowest BCUT2D eigenvalue weighted by molar-refractivity contribution is 0.0982. The Kier molecular flexibility index (Phi) is 5.76. The number of benzene rings is 1. The van der Waals surface area contributed by atoms with Crippen molar-refractivity contribution in [2.24, 2.45) is 0 Å². The predicted octanol–water partition coefficient (Wildman–Crippen LogP) is 2.90. The van der Waals surface area contributed by atoms with Gasteiger partial charge in [0.1, 0.15) is 11.6 Å². The van der Waals surface area contributed by atoms with Crippen LogP contribution in [-0.2, 0) is 10.0 Å². The number of halogens is 2. The van der Waals surface area contributed by atoms with E-state index in [-0.39, 0.29) is 17.7 Å². The maximum Gasteiger partial charge on any atom is 0.268 e. The molecule has 3 heterocycles. The van der Waals surface area contributed by atoms with Crippen molar-refractivity contribution < 1.29 is 22.0 Å². The third-order valence-electron chi connectivity index (χ3n) is 5.61. The first-order valence-electron chi connectivity index (χ1n) is 9.93. The minimum atomic E-state index is -4.01. The zero-order valence-corrected chi connectivity index (χ0v) is 17.6. The van der Waals surface area contributed by atoms with Crippen molar-refractivity contribution in [3.63, 3.8) is 0 Å². The van der Waals surface area contributed by atoms with Gasteiger partial charge in [0.15, 0.2) is 0 Å². The van der Waals surface area contributed by atoms with Crippen LogP contribution in [0.4, 0.5) is 8.78 Å². The monoisotopic (exact) mass is 448 g/mol. The van der Waals surface area contributed by atoms with Crippen LogP contribution in [0.15, 0.2) is 48.8 Å². The number of fused-ring (bicyclic) bond motifs is 1. The first kappa shape index (κ1) is 21.4. The van der Waals surface area contributed by atoms with E-state index in [1.165, 1.54) is 17.6 Å². The fraction of sp³-hybridized carbons (Fsp3) is 0.333. The maximum atomic E-state index is 14.2. The van der Waals surface area contributed by atoms with Gasteiger partial charge in [-0.3, -0.25) is 9.69 Å². The van der Waals surface area contributed by atoms with Crippen molar-refractivity contribution in [3.8, 4) is 0 Å². The van der Waals surface area contributed by atoms with Crippen molar-refractivity contribution in [2.75, 3.05) is 13.1 Å². The van der Waals surface area contributed by atoms with Gasteiger partial charge in [0.2, 0.25) is 10.0 Å². The molecule has 0 saturated carbocycles. The lowest BCUT2D eigenvalue weighted by atomic mass is 10.0. The van der Waals surface area contributed by atoms with Gasteiger partial charge in [-0.1, -0.05) is 6.07 Å². The molecule has 1 aliphatic heterocycles. The van der Waals surface area contributed by atoms with Gasteiger partial charge in [-0.15, -0.1) is 0 Å². The van der Waals surface area contributed by atoms with Crippen LogP contribution in [0.25, 0.3) is 5.52 Å². The predicted molar refractivity (Wildman–Crippen MR) is 111 cm³/mol. The number of pyridine rings is 1. The molecule has 3 aromatic rings. The summed E-state index contributed by atoms with van der Waals surface area (Å²) in [6, 6.07) is 8.02. The van der Waals surface area contributed by atoms with E-state index in [2.05, 4.69) is 9.82 Å². The number of sulfonamides is 1. The second-order valence-corrected chi connectivity index (χ2v) is 9.79. The quantitative estimate of drug-likeness (QED) is 0.627. The minimum Gasteiger partial charge on any atom is -0.295 e. The van der Waals surface area contributed by atoms with Gasteiger partial charge >= 0.3 is 0 Å². The van der Waals surface area contributed by atoms with E-state index >= 15 is 0 Å². The second-order valence-electron chi connectivity index (χ2n) is 7.69. The fourth-order valence-corrected chi connectivity index (χ4v) is 4.95. The first-order chi connectivity index (χ1) is 14.8. The number of amides is 1. The SMILES string of the molecule is C[C@H](CN1CCC[C@@H]1c1cc(F)ccc1F)S(=O)(=O)NC(=O)c1cnn2ccccc12. The molecule has 1 saturated heterocycles. The number of nitrogens with one attached hydrogen (secondary N) is 1. The summed E-state index contributed by atoms with van der Waals surface area (Å²) in [6.45, 7) is 2.13. The number of nitrogens with zero attached hydrogens (tertiary/aromatic N) is 3. The average Bonchev–Trinajstić information content (AvgIpc) is 3.36.